The summed E-state index contributed by atoms with van der Waals surface area (Å²) in [7, 11) is 0. The van der Waals surface area contributed by atoms with Crippen molar-refractivity contribution >= 4 is 29.1 Å². The third kappa shape index (κ3) is 5.04. The van der Waals surface area contributed by atoms with Gasteiger partial charge < -0.3 is 15.1 Å². The molecule has 0 bridgehead atoms. The Kier molecular flexibility index (Phi) is 6.94. The lowest BCUT2D eigenvalue weighted by molar-refractivity contribution is -0.138. The zero-order chi connectivity index (χ0) is 22.5. The van der Waals surface area contributed by atoms with Crippen LogP contribution in [0.1, 0.15) is 19.8 Å². The molecular formula is C22H22F3N3O3. The normalized spacial score (nSPS) is 15.8. The minimum atomic E-state index is -1.69. The van der Waals surface area contributed by atoms with E-state index in [4.69, 9.17) is 0 Å². The van der Waals surface area contributed by atoms with Crippen LogP contribution in [0.25, 0.3) is 0 Å². The Morgan fingerprint density at radius 2 is 1.81 bits per heavy atom. The highest BCUT2D eigenvalue weighted by molar-refractivity contribution is 6.01. The Hall–Kier alpha value is -3.36. The lowest BCUT2D eigenvalue weighted by Gasteiger charge is -2.25. The SMILES string of the molecule is CCCN(CC(=O)Nc1ccc(F)c(F)c1F)C(=O)C1CC(=O)N(c2ccccc2)C1. The molecule has 1 aliphatic heterocycles. The Bertz CT molecular complexity index is 985. The number of halogens is 3. The molecule has 2 aromatic rings. The van der Waals surface area contributed by atoms with Gasteiger partial charge in [-0.25, -0.2) is 13.2 Å². The van der Waals surface area contributed by atoms with E-state index in [9.17, 15) is 27.6 Å². The van der Waals surface area contributed by atoms with E-state index in [0.29, 0.717) is 18.2 Å². The molecule has 0 saturated carbocycles. The molecule has 1 fully saturated rings. The predicted octanol–water partition coefficient (Wildman–Crippen LogP) is 3.33. The summed E-state index contributed by atoms with van der Waals surface area (Å²) < 4.78 is 40.2. The van der Waals surface area contributed by atoms with Gasteiger partial charge in [-0.1, -0.05) is 25.1 Å². The van der Waals surface area contributed by atoms with Gasteiger partial charge in [0.2, 0.25) is 17.7 Å². The van der Waals surface area contributed by atoms with Crippen LogP contribution in [0, 0.1) is 23.4 Å². The van der Waals surface area contributed by atoms with Gasteiger partial charge in [0.25, 0.3) is 0 Å². The first kappa shape index (κ1) is 22.3. The molecule has 1 saturated heterocycles. The Morgan fingerprint density at radius 1 is 1.10 bits per heavy atom. The smallest absolute Gasteiger partial charge is 0.244 e. The summed E-state index contributed by atoms with van der Waals surface area (Å²) in [6.45, 7) is 1.87. The monoisotopic (exact) mass is 433 g/mol. The third-order valence-electron chi connectivity index (χ3n) is 4.99. The zero-order valence-corrected chi connectivity index (χ0v) is 16.9. The quantitative estimate of drug-likeness (QED) is 0.681. The predicted molar refractivity (Wildman–Crippen MR) is 109 cm³/mol. The summed E-state index contributed by atoms with van der Waals surface area (Å²) in [6.07, 6.45) is 0.578. The molecular weight excluding hydrogens is 411 g/mol. The van der Waals surface area contributed by atoms with Crippen LogP contribution >= 0.6 is 0 Å². The number of benzene rings is 2. The zero-order valence-electron chi connectivity index (χ0n) is 16.9. The molecule has 1 N–H and O–H groups in total. The number of carbonyl (C=O) groups is 3. The van der Waals surface area contributed by atoms with Crippen LogP contribution in [-0.2, 0) is 14.4 Å². The van der Waals surface area contributed by atoms with Crippen molar-refractivity contribution in [3.8, 4) is 0 Å². The van der Waals surface area contributed by atoms with E-state index in [0.717, 1.165) is 6.07 Å². The highest BCUT2D eigenvalue weighted by Gasteiger charge is 2.37. The molecule has 2 aromatic carbocycles. The minimum absolute atomic E-state index is 0.0212. The van der Waals surface area contributed by atoms with Gasteiger partial charge in [0.05, 0.1) is 18.2 Å². The molecule has 3 rings (SSSR count). The standard InChI is InChI=1S/C22H22F3N3O3/c1-2-10-27(13-18(29)26-17-9-8-16(23)20(24)21(17)25)22(31)14-11-19(30)28(12-14)15-6-4-3-5-7-15/h3-9,14H,2,10-13H2,1H3,(H,26,29). The molecule has 1 heterocycles. The van der Waals surface area contributed by atoms with E-state index in [1.807, 2.05) is 13.0 Å². The number of hydrogen-bond acceptors (Lipinski definition) is 3. The van der Waals surface area contributed by atoms with Gasteiger partial charge in [-0.15, -0.1) is 0 Å². The van der Waals surface area contributed by atoms with E-state index < -0.39 is 41.5 Å². The van der Waals surface area contributed by atoms with Gasteiger partial charge in [-0.2, -0.15) is 0 Å². The van der Waals surface area contributed by atoms with Crippen LogP contribution in [0.4, 0.5) is 24.5 Å². The molecule has 164 valence electrons. The summed E-state index contributed by atoms with van der Waals surface area (Å²) in [5.74, 6) is -6.50. The molecule has 0 spiro atoms. The van der Waals surface area contributed by atoms with Crippen molar-refractivity contribution in [3.63, 3.8) is 0 Å². The van der Waals surface area contributed by atoms with Crippen molar-refractivity contribution in [1.82, 2.24) is 4.90 Å². The van der Waals surface area contributed by atoms with Crippen molar-refractivity contribution in [1.29, 1.82) is 0 Å². The second-order valence-electron chi connectivity index (χ2n) is 7.27. The fourth-order valence-electron chi connectivity index (χ4n) is 3.51. The summed E-state index contributed by atoms with van der Waals surface area (Å²) >= 11 is 0. The van der Waals surface area contributed by atoms with Crippen molar-refractivity contribution < 1.29 is 27.6 Å². The van der Waals surface area contributed by atoms with Gasteiger partial charge >= 0.3 is 0 Å². The third-order valence-corrected chi connectivity index (χ3v) is 4.99. The topological polar surface area (TPSA) is 69.7 Å². The lowest BCUT2D eigenvalue weighted by Crippen LogP contribution is -2.42. The molecule has 1 unspecified atom stereocenters. The van der Waals surface area contributed by atoms with Gasteiger partial charge in [-0.3, -0.25) is 14.4 Å². The Morgan fingerprint density at radius 3 is 2.48 bits per heavy atom. The van der Waals surface area contributed by atoms with Gasteiger partial charge in [-0.05, 0) is 30.7 Å². The van der Waals surface area contributed by atoms with Crippen molar-refractivity contribution in [2.24, 2.45) is 5.92 Å². The van der Waals surface area contributed by atoms with Gasteiger partial charge in [0, 0.05) is 25.2 Å². The Labute approximate surface area is 177 Å². The summed E-state index contributed by atoms with van der Waals surface area (Å²) in [5.41, 5.74) is 0.176. The van der Waals surface area contributed by atoms with Crippen molar-refractivity contribution in [2.45, 2.75) is 19.8 Å². The second-order valence-corrected chi connectivity index (χ2v) is 7.27. The average Bonchev–Trinajstić information content (AvgIpc) is 3.15. The first-order valence-corrected chi connectivity index (χ1v) is 9.89. The molecule has 9 heteroatoms. The fourth-order valence-corrected chi connectivity index (χ4v) is 3.51. The van der Waals surface area contributed by atoms with Crippen molar-refractivity contribution in [2.75, 3.05) is 29.9 Å². The number of rotatable bonds is 7. The first-order chi connectivity index (χ1) is 14.8. The highest BCUT2D eigenvalue weighted by Crippen LogP contribution is 2.26. The maximum Gasteiger partial charge on any atom is 0.244 e. The first-order valence-electron chi connectivity index (χ1n) is 9.89. The summed E-state index contributed by atoms with van der Waals surface area (Å²) in [5, 5.41) is 2.16. The van der Waals surface area contributed by atoms with E-state index in [-0.39, 0.29) is 31.3 Å². The molecule has 0 aliphatic carbocycles. The number of nitrogens with zero attached hydrogens (tertiary/aromatic N) is 2. The lowest BCUT2D eigenvalue weighted by atomic mass is 10.1. The van der Waals surface area contributed by atoms with Crippen LogP contribution in [0.3, 0.4) is 0 Å². The van der Waals surface area contributed by atoms with E-state index in [1.54, 1.807) is 24.3 Å². The molecule has 1 atom stereocenters. The number of hydrogen-bond donors (Lipinski definition) is 1. The fraction of sp³-hybridized carbons (Fsp3) is 0.318. The maximum atomic E-state index is 13.8. The molecule has 1 aliphatic rings. The van der Waals surface area contributed by atoms with Crippen LogP contribution in [-0.4, -0.2) is 42.3 Å². The highest BCUT2D eigenvalue weighted by atomic mass is 19.2. The van der Waals surface area contributed by atoms with Crippen molar-refractivity contribution in [3.05, 3.63) is 59.9 Å². The maximum absolute atomic E-state index is 13.8. The number of anilines is 2. The molecule has 31 heavy (non-hydrogen) atoms. The largest absolute Gasteiger partial charge is 0.333 e. The minimum Gasteiger partial charge on any atom is -0.333 e. The van der Waals surface area contributed by atoms with E-state index in [2.05, 4.69) is 5.32 Å². The molecule has 3 amide bonds. The van der Waals surface area contributed by atoms with Crippen LogP contribution in [0.15, 0.2) is 42.5 Å². The van der Waals surface area contributed by atoms with Crippen LogP contribution in [0.2, 0.25) is 0 Å². The van der Waals surface area contributed by atoms with E-state index >= 15 is 0 Å². The Balaban J connectivity index is 1.67. The molecule has 0 radical (unpaired) electrons. The van der Waals surface area contributed by atoms with Crippen LogP contribution < -0.4 is 10.2 Å². The second kappa shape index (κ2) is 9.63. The number of para-hydroxylation sites is 1. The summed E-state index contributed by atoms with van der Waals surface area (Å²) in [4.78, 5) is 40.6. The van der Waals surface area contributed by atoms with E-state index in [1.165, 1.54) is 9.80 Å². The number of amides is 3. The van der Waals surface area contributed by atoms with Gasteiger partial charge in [0.1, 0.15) is 0 Å². The van der Waals surface area contributed by atoms with Crippen LogP contribution in [0.5, 0.6) is 0 Å². The molecule has 0 aromatic heterocycles. The van der Waals surface area contributed by atoms with Gasteiger partial charge in [0.15, 0.2) is 17.5 Å². The number of carbonyl (C=O) groups excluding carboxylic acids is 3. The average molecular weight is 433 g/mol. The number of nitrogens with one attached hydrogen (secondary N) is 1. The summed E-state index contributed by atoms with van der Waals surface area (Å²) in [6, 6.07) is 10.6. The molecule has 6 nitrogen and oxygen atoms in total.